The molecule has 0 saturated carbocycles. The Morgan fingerprint density at radius 3 is 2.35 bits per heavy atom. The maximum atomic E-state index is 12.5. The number of carbonyl (C=O) groups is 1. The van der Waals surface area contributed by atoms with Crippen molar-refractivity contribution in [3.8, 4) is 17.2 Å². The van der Waals surface area contributed by atoms with Gasteiger partial charge in [-0.3, -0.25) is 4.79 Å². The number of benzene rings is 1. The van der Waals surface area contributed by atoms with Crippen LogP contribution in [0.25, 0.3) is 0 Å². The fourth-order valence-corrected chi connectivity index (χ4v) is 2.23. The van der Waals surface area contributed by atoms with Gasteiger partial charge in [0.15, 0.2) is 11.5 Å². The normalized spacial score (nSPS) is 11.4. The molecule has 8 nitrogen and oxygen atoms in total. The number of aromatic nitrogens is 2. The fraction of sp³-hybridized carbons (Fsp3) is 0.389. The van der Waals surface area contributed by atoms with E-state index in [0.717, 1.165) is 6.42 Å². The van der Waals surface area contributed by atoms with Gasteiger partial charge < -0.3 is 24.8 Å². The number of carbonyl (C=O) groups excluding carboxylic acids is 1. The molecule has 0 radical (unpaired) electrons. The van der Waals surface area contributed by atoms with Gasteiger partial charge in [0.05, 0.1) is 21.3 Å². The van der Waals surface area contributed by atoms with Gasteiger partial charge in [-0.05, 0) is 19.4 Å². The summed E-state index contributed by atoms with van der Waals surface area (Å²) in [4.78, 5) is 20.9. The molecule has 1 atom stereocenters. The zero-order chi connectivity index (χ0) is 19.1. The van der Waals surface area contributed by atoms with Crippen LogP contribution in [0.3, 0.4) is 0 Å². The van der Waals surface area contributed by atoms with Crippen LogP contribution in [0, 0.1) is 0 Å². The number of rotatable bonds is 8. The highest BCUT2D eigenvalue weighted by Gasteiger charge is 2.16. The van der Waals surface area contributed by atoms with E-state index in [0.29, 0.717) is 28.9 Å². The van der Waals surface area contributed by atoms with E-state index in [1.807, 2.05) is 6.92 Å². The van der Waals surface area contributed by atoms with Crippen LogP contribution < -0.4 is 24.8 Å². The molecule has 26 heavy (non-hydrogen) atoms. The third kappa shape index (κ3) is 4.53. The van der Waals surface area contributed by atoms with Crippen LogP contribution in [-0.2, 0) is 0 Å². The molecule has 140 valence electrons. The van der Waals surface area contributed by atoms with Crippen LogP contribution in [0.2, 0.25) is 0 Å². The second-order valence-electron chi connectivity index (χ2n) is 5.59. The fourth-order valence-electron chi connectivity index (χ4n) is 2.23. The van der Waals surface area contributed by atoms with E-state index in [1.165, 1.54) is 21.3 Å². The Morgan fingerprint density at radius 1 is 1.15 bits per heavy atom. The Balaban J connectivity index is 2.23. The van der Waals surface area contributed by atoms with Crippen LogP contribution in [0.1, 0.15) is 30.8 Å². The number of ether oxygens (including phenoxy) is 3. The molecular weight excluding hydrogens is 336 g/mol. The van der Waals surface area contributed by atoms with Crippen LogP contribution in [0.4, 0.5) is 11.6 Å². The summed E-state index contributed by atoms with van der Waals surface area (Å²) >= 11 is 0. The van der Waals surface area contributed by atoms with E-state index < -0.39 is 0 Å². The minimum atomic E-state index is -0.367. The Morgan fingerprint density at radius 2 is 1.81 bits per heavy atom. The van der Waals surface area contributed by atoms with Gasteiger partial charge in [0.25, 0.3) is 5.91 Å². The minimum absolute atomic E-state index is 0.212. The van der Waals surface area contributed by atoms with Crippen molar-refractivity contribution in [1.29, 1.82) is 0 Å². The van der Waals surface area contributed by atoms with E-state index in [-0.39, 0.29) is 17.6 Å². The highest BCUT2D eigenvalue weighted by molar-refractivity contribution is 6.03. The quantitative estimate of drug-likeness (QED) is 0.747. The molecule has 1 heterocycles. The van der Waals surface area contributed by atoms with E-state index in [9.17, 15) is 4.79 Å². The van der Waals surface area contributed by atoms with Crippen LogP contribution in [-0.4, -0.2) is 43.2 Å². The van der Waals surface area contributed by atoms with Gasteiger partial charge in [-0.15, -0.1) is 0 Å². The average Bonchev–Trinajstić information content (AvgIpc) is 2.67. The molecule has 0 aliphatic heterocycles. The monoisotopic (exact) mass is 360 g/mol. The lowest BCUT2D eigenvalue weighted by atomic mass is 10.2. The van der Waals surface area contributed by atoms with Crippen LogP contribution in [0.15, 0.2) is 24.4 Å². The second kappa shape index (κ2) is 8.89. The first-order valence-electron chi connectivity index (χ1n) is 8.23. The molecular formula is C18H24N4O4. The first-order valence-corrected chi connectivity index (χ1v) is 8.23. The lowest BCUT2D eigenvalue weighted by Crippen LogP contribution is -2.19. The molecule has 0 spiro atoms. The van der Waals surface area contributed by atoms with Crippen LogP contribution >= 0.6 is 0 Å². The average molecular weight is 360 g/mol. The molecule has 1 aromatic carbocycles. The standard InChI is InChI=1S/C18H24N4O4/c1-6-11(2)20-18-19-8-7-13(22-18)17(23)21-12-9-14(24-3)16(26-5)15(10-12)25-4/h7-11H,6H2,1-5H3,(H,21,23)(H,19,20,22). The lowest BCUT2D eigenvalue weighted by Gasteiger charge is -2.15. The van der Waals surface area contributed by atoms with Crippen molar-refractivity contribution in [2.24, 2.45) is 0 Å². The summed E-state index contributed by atoms with van der Waals surface area (Å²) in [5, 5.41) is 5.92. The number of amides is 1. The molecule has 1 amide bonds. The topological polar surface area (TPSA) is 94.6 Å². The van der Waals surface area contributed by atoms with Crippen molar-refractivity contribution in [3.05, 3.63) is 30.1 Å². The lowest BCUT2D eigenvalue weighted by molar-refractivity contribution is 0.102. The summed E-state index contributed by atoms with van der Waals surface area (Å²) in [7, 11) is 4.55. The number of hydrogen-bond donors (Lipinski definition) is 2. The molecule has 0 bridgehead atoms. The zero-order valence-electron chi connectivity index (χ0n) is 15.6. The van der Waals surface area contributed by atoms with E-state index in [2.05, 4.69) is 27.5 Å². The minimum Gasteiger partial charge on any atom is -0.493 e. The largest absolute Gasteiger partial charge is 0.493 e. The highest BCUT2D eigenvalue weighted by Crippen LogP contribution is 2.39. The predicted molar refractivity (Wildman–Crippen MR) is 99.5 cm³/mol. The summed E-state index contributed by atoms with van der Waals surface area (Å²) in [6.07, 6.45) is 2.47. The molecule has 8 heteroatoms. The molecule has 0 saturated heterocycles. The third-order valence-corrected chi connectivity index (χ3v) is 3.80. The Bertz CT molecular complexity index is 742. The van der Waals surface area contributed by atoms with Crippen LogP contribution in [0.5, 0.6) is 17.2 Å². The van der Waals surface area contributed by atoms with E-state index in [1.54, 1.807) is 24.4 Å². The summed E-state index contributed by atoms with van der Waals surface area (Å²) in [5.41, 5.74) is 0.749. The first kappa shape index (κ1) is 19.3. The number of anilines is 2. The van der Waals surface area contributed by atoms with Crippen molar-refractivity contribution < 1.29 is 19.0 Å². The SMILES string of the molecule is CCC(C)Nc1nccc(C(=O)Nc2cc(OC)c(OC)c(OC)c2)n1. The van der Waals surface area contributed by atoms with Crippen molar-refractivity contribution in [1.82, 2.24) is 9.97 Å². The first-order chi connectivity index (χ1) is 12.5. The van der Waals surface area contributed by atoms with Crippen molar-refractivity contribution in [3.63, 3.8) is 0 Å². The third-order valence-electron chi connectivity index (χ3n) is 3.80. The number of nitrogens with one attached hydrogen (secondary N) is 2. The Hall–Kier alpha value is -3.03. The van der Waals surface area contributed by atoms with Gasteiger partial charge in [-0.2, -0.15) is 0 Å². The van der Waals surface area contributed by atoms with Gasteiger partial charge in [0, 0.05) is 30.1 Å². The van der Waals surface area contributed by atoms with Crippen molar-refractivity contribution in [2.45, 2.75) is 26.3 Å². The predicted octanol–water partition coefficient (Wildman–Crippen LogP) is 2.97. The maximum Gasteiger partial charge on any atom is 0.274 e. The van der Waals surface area contributed by atoms with Crippen molar-refractivity contribution >= 4 is 17.5 Å². The summed E-state index contributed by atoms with van der Waals surface area (Å²) in [6.45, 7) is 4.07. The number of nitrogens with zero attached hydrogens (tertiary/aromatic N) is 2. The van der Waals surface area contributed by atoms with Gasteiger partial charge >= 0.3 is 0 Å². The molecule has 1 unspecified atom stereocenters. The molecule has 0 aliphatic rings. The molecule has 1 aromatic heterocycles. The molecule has 2 rings (SSSR count). The number of hydrogen-bond acceptors (Lipinski definition) is 7. The Labute approximate surface area is 152 Å². The summed E-state index contributed by atoms with van der Waals surface area (Å²) < 4.78 is 15.9. The maximum absolute atomic E-state index is 12.5. The van der Waals surface area contributed by atoms with Gasteiger partial charge in [-0.25, -0.2) is 9.97 Å². The Kier molecular flexibility index (Phi) is 6.60. The molecule has 2 N–H and O–H groups in total. The summed E-state index contributed by atoms with van der Waals surface area (Å²) in [6, 6.07) is 5.07. The zero-order valence-corrected chi connectivity index (χ0v) is 15.6. The summed E-state index contributed by atoms with van der Waals surface area (Å²) in [5.74, 6) is 1.40. The van der Waals surface area contributed by atoms with Crippen molar-refractivity contribution in [2.75, 3.05) is 32.0 Å². The van der Waals surface area contributed by atoms with Gasteiger partial charge in [0.2, 0.25) is 11.7 Å². The second-order valence-corrected chi connectivity index (χ2v) is 5.59. The molecule has 0 fully saturated rings. The number of methoxy groups -OCH3 is 3. The van der Waals surface area contributed by atoms with E-state index >= 15 is 0 Å². The molecule has 2 aromatic rings. The van der Waals surface area contributed by atoms with Gasteiger partial charge in [0.1, 0.15) is 5.69 Å². The smallest absolute Gasteiger partial charge is 0.274 e. The highest BCUT2D eigenvalue weighted by atomic mass is 16.5. The molecule has 0 aliphatic carbocycles. The van der Waals surface area contributed by atoms with Gasteiger partial charge in [-0.1, -0.05) is 6.92 Å². The van der Waals surface area contributed by atoms with E-state index in [4.69, 9.17) is 14.2 Å².